The van der Waals surface area contributed by atoms with Gasteiger partial charge in [0.15, 0.2) is 0 Å². The van der Waals surface area contributed by atoms with Crippen LogP contribution in [0.1, 0.15) is 31.2 Å². The molecule has 1 heterocycles. The fourth-order valence-corrected chi connectivity index (χ4v) is 7.27. The smallest absolute Gasteiger partial charge is 0.294 e. The molecule has 3 aromatic rings. The number of aromatic nitrogens is 1. The Morgan fingerprint density at radius 3 is 2.59 bits per heavy atom. The first-order valence-corrected chi connectivity index (χ1v) is 12.5. The second-order valence-corrected chi connectivity index (χ2v) is 11.3. The topological polar surface area (TPSA) is 68.2 Å². The number of sulfonamides is 1. The number of nitrogens with one attached hydrogen (secondary N) is 1. The second-order valence-electron chi connectivity index (χ2n) is 8.11. The van der Waals surface area contributed by atoms with Crippen molar-refractivity contribution in [2.45, 2.75) is 43.2 Å². The minimum absolute atomic E-state index is 0.0442. The molecule has 152 valence electrons. The minimum Gasteiger partial charge on any atom is -0.294 e. The van der Waals surface area contributed by atoms with Crippen LogP contribution >= 0.6 is 22.9 Å². The van der Waals surface area contributed by atoms with Gasteiger partial charge in [0, 0.05) is 11.1 Å². The van der Waals surface area contributed by atoms with Gasteiger partial charge >= 0.3 is 4.87 Å². The molecule has 29 heavy (non-hydrogen) atoms. The highest BCUT2D eigenvalue weighted by Crippen LogP contribution is 2.44. The minimum atomic E-state index is -3.59. The number of fused-ring (bicyclic) bond motifs is 3. The summed E-state index contributed by atoms with van der Waals surface area (Å²) in [6, 6.07) is 12.4. The molecule has 1 aromatic heterocycles. The molecular weight excluding hydrogens is 428 g/mol. The van der Waals surface area contributed by atoms with E-state index in [1.165, 1.54) is 6.42 Å². The van der Waals surface area contributed by atoms with Crippen molar-refractivity contribution in [3.05, 3.63) is 62.7 Å². The van der Waals surface area contributed by atoms with Crippen molar-refractivity contribution in [2.24, 2.45) is 11.8 Å². The van der Waals surface area contributed by atoms with Crippen molar-refractivity contribution in [3.8, 4) is 0 Å². The summed E-state index contributed by atoms with van der Waals surface area (Å²) in [7, 11) is -3.59. The van der Waals surface area contributed by atoms with Crippen LogP contribution in [-0.4, -0.2) is 19.0 Å². The number of hydrogen-bond acceptors (Lipinski definition) is 4. The molecule has 1 N–H and O–H groups in total. The summed E-state index contributed by atoms with van der Waals surface area (Å²) in [5, 5.41) is 0.647. The van der Waals surface area contributed by atoms with Gasteiger partial charge < -0.3 is 0 Å². The first-order chi connectivity index (χ1) is 13.9. The molecule has 2 bridgehead atoms. The van der Waals surface area contributed by atoms with Crippen molar-refractivity contribution in [1.82, 2.24) is 9.29 Å². The van der Waals surface area contributed by atoms with E-state index in [0.29, 0.717) is 28.1 Å². The van der Waals surface area contributed by atoms with Crippen LogP contribution in [0.25, 0.3) is 10.2 Å². The Hall–Kier alpha value is -1.67. The number of rotatable bonds is 5. The maximum Gasteiger partial charge on any atom is 0.308 e. The summed E-state index contributed by atoms with van der Waals surface area (Å²) < 4.78 is 31.1. The van der Waals surface area contributed by atoms with Gasteiger partial charge in [0.1, 0.15) is 0 Å². The zero-order valence-electron chi connectivity index (χ0n) is 15.7. The molecule has 0 saturated heterocycles. The van der Waals surface area contributed by atoms with Gasteiger partial charge in [-0.15, -0.1) is 0 Å². The molecule has 0 amide bonds. The second kappa shape index (κ2) is 7.23. The summed E-state index contributed by atoms with van der Waals surface area (Å²) in [4.78, 5) is 12.6. The monoisotopic (exact) mass is 448 g/mol. The van der Waals surface area contributed by atoms with Crippen LogP contribution < -0.4 is 9.60 Å². The van der Waals surface area contributed by atoms with Crippen molar-refractivity contribution < 1.29 is 8.42 Å². The molecular formula is C21H21ClN2O3S2. The van der Waals surface area contributed by atoms with Crippen LogP contribution in [0.4, 0.5) is 0 Å². The third kappa shape index (κ3) is 3.65. The number of benzene rings is 2. The predicted octanol–water partition coefficient (Wildman–Crippen LogP) is 4.23. The van der Waals surface area contributed by atoms with Gasteiger partial charge in [-0.3, -0.25) is 9.36 Å². The third-order valence-electron chi connectivity index (χ3n) is 6.25. The average Bonchev–Trinajstić information content (AvgIpc) is 3.37. The Bertz CT molecular complexity index is 1230. The number of nitrogens with zero attached hydrogens (tertiary/aromatic N) is 1. The van der Waals surface area contributed by atoms with Gasteiger partial charge in [-0.2, -0.15) is 0 Å². The van der Waals surface area contributed by atoms with E-state index < -0.39 is 10.0 Å². The van der Waals surface area contributed by atoms with Gasteiger partial charge in [0.2, 0.25) is 10.0 Å². The normalized spacial score (nSPS) is 23.8. The fourth-order valence-electron chi connectivity index (χ4n) is 4.79. The zero-order valence-corrected chi connectivity index (χ0v) is 18.1. The highest BCUT2D eigenvalue weighted by atomic mass is 35.5. The summed E-state index contributed by atoms with van der Waals surface area (Å²) in [5.74, 6) is 1.14. The van der Waals surface area contributed by atoms with Crippen molar-refractivity contribution in [1.29, 1.82) is 0 Å². The summed E-state index contributed by atoms with van der Waals surface area (Å²) in [5.41, 5.74) is 1.71. The Morgan fingerprint density at radius 1 is 1.10 bits per heavy atom. The third-order valence-corrected chi connectivity index (χ3v) is 8.93. The van der Waals surface area contributed by atoms with Crippen molar-refractivity contribution in [2.75, 3.05) is 0 Å². The average molecular weight is 449 g/mol. The lowest BCUT2D eigenvalue weighted by molar-refractivity contribution is 0.390. The molecule has 0 spiro atoms. The molecule has 2 fully saturated rings. The van der Waals surface area contributed by atoms with Gasteiger partial charge in [0.25, 0.3) is 0 Å². The molecule has 2 aliphatic carbocycles. The Labute approximate surface area is 178 Å². The van der Waals surface area contributed by atoms with E-state index >= 15 is 0 Å². The molecule has 3 atom stereocenters. The summed E-state index contributed by atoms with van der Waals surface area (Å²) >= 11 is 7.01. The lowest BCUT2D eigenvalue weighted by atomic mass is 9.96. The fraction of sp³-hybridized carbons (Fsp3) is 0.381. The molecule has 5 rings (SSSR count). The van der Waals surface area contributed by atoms with Gasteiger partial charge in [-0.05, 0) is 67.0 Å². The van der Waals surface area contributed by atoms with Crippen LogP contribution in [0.15, 0.2) is 52.2 Å². The van der Waals surface area contributed by atoms with Crippen LogP contribution in [0.5, 0.6) is 0 Å². The number of hydrogen-bond donors (Lipinski definition) is 1. The largest absolute Gasteiger partial charge is 0.308 e. The molecule has 2 saturated carbocycles. The summed E-state index contributed by atoms with van der Waals surface area (Å²) in [6.45, 7) is 0.422. The zero-order chi connectivity index (χ0) is 20.2. The van der Waals surface area contributed by atoms with Crippen molar-refractivity contribution in [3.63, 3.8) is 0 Å². The maximum absolute atomic E-state index is 12.9. The molecule has 5 nitrogen and oxygen atoms in total. The van der Waals surface area contributed by atoms with E-state index in [9.17, 15) is 13.2 Å². The summed E-state index contributed by atoms with van der Waals surface area (Å²) in [6.07, 6.45) is 4.42. The van der Waals surface area contributed by atoms with E-state index in [-0.39, 0.29) is 15.8 Å². The molecule has 0 radical (unpaired) electrons. The van der Waals surface area contributed by atoms with Crippen LogP contribution in [0.3, 0.4) is 0 Å². The molecule has 8 heteroatoms. The number of thiazole rings is 1. The van der Waals surface area contributed by atoms with Crippen LogP contribution in [0.2, 0.25) is 5.02 Å². The molecule has 0 aliphatic heterocycles. The Balaban J connectivity index is 1.43. The standard InChI is InChI=1S/C21H21ClN2O3S2/c22-16-5-2-13(3-6-16)12-24-19-8-7-17(11-20(19)28-21(24)25)29(26,27)23-18-10-14-1-4-15(18)9-14/h2-3,5-8,11,14-15,18,23H,1,4,9-10,12H2/t14-,15+,18+/m0/s1. The highest BCUT2D eigenvalue weighted by molar-refractivity contribution is 7.89. The Kier molecular flexibility index (Phi) is 4.81. The van der Waals surface area contributed by atoms with Gasteiger partial charge in [0.05, 0.1) is 21.7 Å². The highest BCUT2D eigenvalue weighted by Gasteiger charge is 2.41. The van der Waals surface area contributed by atoms with Gasteiger partial charge in [-0.1, -0.05) is 41.5 Å². The van der Waals surface area contributed by atoms with Crippen LogP contribution in [0, 0.1) is 11.8 Å². The quantitative estimate of drug-likeness (QED) is 0.635. The Morgan fingerprint density at radius 2 is 1.90 bits per heavy atom. The van der Waals surface area contributed by atoms with E-state index in [0.717, 1.165) is 41.7 Å². The molecule has 0 unspecified atom stereocenters. The van der Waals surface area contributed by atoms with Crippen LogP contribution in [-0.2, 0) is 16.6 Å². The van der Waals surface area contributed by atoms with E-state index in [1.54, 1.807) is 34.9 Å². The first kappa shape index (κ1) is 19.3. The van der Waals surface area contributed by atoms with Crippen molar-refractivity contribution >= 4 is 43.2 Å². The lowest BCUT2D eigenvalue weighted by Crippen LogP contribution is -2.38. The van der Waals surface area contributed by atoms with E-state index in [2.05, 4.69) is 4.72 Å². The predicted molar refractivity (Wildman–Crippen MR) is 116 cm³/mol. The lowest BCUT2D eigenvalue weighted by Gasteiger charge is -2.22. The van der Waals surface area contributed by atoms with E-state index in [4.69, 9.17) is 11.6 Å². The first-order valence-electron chi connectivity index (χ1n) is 9.79. The number of halogens is 1. The molecule has 2 aromatic carbocycles. The van der Waals surface area contributed by atoms with E-state index in [1.807, 2.05) is 12.1 Å². The SMILES string of the molecule is O=c1sc2cc(S(=O)(=O)N[C@@H]3C[C@H]4CC[C@@H]3C4)ccc2n1Cc1ccc(Cl)cc1. The van der Waals surface area contributed by atoms with Gasteiger partial charge in [-0.25, -0.2) is 13.1 Å². The molecule has 2 aliphatic rings. The maximum atomic E-state index is 12.9.